The van der Waals surface area contributed by atoms with Gasteiger partial charge in [-0.2, -0.15) is 0 Å². The lowest BCUT2D eigenvalue weighted by Crippen LogP contribution is -2.27. The van der Waals surface area contributed by atoms with Crippen molar-refractivity contribution in [3.05, 3.63) is 35.4 Å². The van der Waals surface area contributed by atoms with Gasteiger partial charge in [0.05, 0.1) is 0 Å². The van der Waals surface area contributed by atoms with Crippen LogP contribution in [-0.2, 0) is 6.54 Å². The normalized spacial score (nSPS) is 13.1. The molecular formula is C12H16ClF2N. The summed E-state index contributed by atoms with van der Waals surface area (Å²) < 4.78 is 26.4. The van der Waals surface area contributed by atoms with E-state index in [4.69, 9.17) is 11.6 Å². The zero-order valence-electron chi connectivity index (χ0n) is 9.43. The van der Waals surface area contributed by atoms with Gasteiger partial charge in [-0.15, -0.1) is 11.6 Å². The zero-order chi connectivity index (χ0) is 12.1. The molecule has 0 aliphatic carbocycles. The summed E-state index contributed by atoms with van der Waals surface area (Å²) >= 11 is 6.01. The van der Waals surface area contributed by atoms with Crippen LogP contribution in [0.15, 0.2) is 18.2 Å². The first-order valence-corrected chi connectivity index (χ1v) is 5.73. The molecule has 1 aromatic carbocycles. The molecule has 90 valence electrons. The number of alkyl halides is 1. The van der Waals surface area contributed by atoms with Crippen molar-refractivity contribution in [2.24, 2.45) is 5.92 Å². The Balaban J connectivity index is 2.49. The lowest BCUT2D eigenvalue weighted by atomic mass is 10.1. The minimum absolute atomic E-state index is 0.0326. The molecule has 1 aromatic rings. The van der Waals surface area contributed by atoms with Gasteiger partial charge < -0.3 is 5.32 Å². The molecule has 0 fully saturated rings. The van der Waals surface area contributed by atoms with Gasteiger partial charge in [0.1, 0.15) is 11.6 Å². The Kier molecular flexibility index (Phi) is 5.16. The van der Waals surface area contributed by atoms with Crippen molar-refractivity contribution in [1.82, 2.24) is 5.32 Å². The third-order valence-corrected chi connectivity index (χ3v) is 3.08. The second kappa shape index (κ2) is 6.16. The van der Waals surface area contributed by atoms with Crippen LogP contribution in [0.4, 0.5) is 8.78 Å². The molecule has 0 aromatic heterocycles. The average Bonchev–Trinajstić information content (AvgIpc) is 2.22. The Morgan fingerprint density at radius 1 is 1.25 bits per heavy atom. The molecule has 1 nitrogen and oxygen atoms in total. The van der Waals surface area contributed by atoms with E-state index in [-0.39, 0.29) is 17.5 Å². The van der Waals surface area contributed by atoms with Gasteiger partial charge in [0, 0.05) is 24.0 Å². The van der Waals surface area contributed by atoms with Gasteiger partial charge in [-0.25, -0.2) is 8.78 Å². The van der Waals surface area contributed by atoms with E-state index in [1.807, 2.05) is 13.8 Å². The molecule has 16 heavy (non-hydrogen) atoms. The number of rotatable bonds is 5. The summed E-state index contributed by atoms with van der Waals surface area (Å²) in [6, 6.07) is 3.86. The van der Waals surface area contributed by atoms with Crippen LogP contribution in [0.2, 0.25) is 0 Å². The number of hydrogen-bond acceptors (Lipinski definition) is 1. The van der Waals surface area contributed by atoms with E-state index in [0.717, 1.165) is 0 Å². The summed E-state index contributed by atoms with van der Waals surface area (Å²) in [7, 11) is 0. The van der Waals surface area contributed by atoms with Crippen molar-refractivity contribution in [2.45, 2.75) is 25.8 Å². The third kappa shape index (κ3) is 3.72. The number of hydrogen-bond donors (Lipinski definition) is 1. The molecule has 0 saturated carbocycles. The van der Waals surface area contributed by atoms with E-state index in [0.29, 0.717) is 12.5 Å². The molecule has 0 spiro atoms. The number of halogens is 3. The fourth-order valence-electron chi connectivity index (χ4n) is 1.27. The van der Waals surface area contributed by atoms with Crippen LogP contribution in [0.3, 0.4) is 0 Å². The number of nitrogens with one attached hydrogen (secondary N) is 1. The minimum Gasteiger partial charge on any atom is -0.311 e. The van der Waals surface area contributed by atoms with Gasteiger partial charge in [-0.05, 0) is 18.1 Å². The maximum absolute atomic E-state index is 13.2. The molecule has 4 heteroatoms. The van der Waals surface area contributed by atoms with Crippen molar-refractivity contribution in [1.29, 1.82) is 0 Å². The Morgan fingerprint density at radius 3 is 2.31 bits per heavy atom. The predicted octanol–water partition coefficient (Wildman–Crippen LogP) is 3.32. The Bertz CT molecular complexity index is 322. The highest BCUT2D eigenvalue weighted by Gasteiger charge is 2.11. The van der Waals surface area contributed by atoms with Crippen LogP contribution >= 0.6 is 11.6 Å². The van der Waals surface area contributed by atoms with Gasteiger partial charge >= 0.3 is 0 Å². The van der Waals surface area contributed by atoms with Crippen molar-refractivity contribution in [3.8, 4) is 0 Å². The van der Waals surface area contributed by atoms with E-state index in [1.165, 1.54) is 18.2 Å². The van der Waals surface area contributed by atoms with E-state index in [1.54, 1.807) is 0 Å². The topological polar surface area (TPSA) is 12.0 Å². The Labute approximate surface area is 99.8 Å². The molecule has 1 atom stereocenters. The van der Waals surface area contributed by atoms with Crippen molar-refractivity contribution >= 4 is 11.6 Å². The van der Waals surface area contributed by atoms with Crippen LogP contribution in [0, 0.1) is 17.6 Å². The van der Waals surface area contributed by atoms with Gasteiger partial charge in [0.15, 0.2) is 0 Å². The first kappa shape index (κ1) is 13.4. The second-order valence-corrected chi connectivity index (χ2v) is 4.65. The zero-order valence-corrected chi connectivity index (χ0v) is 10.2. The molecule has 0 aliphatic rings. The molecular weight excluding hydrogens is 232 g/mol. The summed E-state index contributed by atoms with van der Waals surface area (Å²) in [5.74, 6) is -0.717. The van der Waals surface area contributed by atoms with Gasteiger partial charge in [-0.3, -0.25) is 0 Å². The highest BCUT2D eigenvalue weighted by molar-refractivity contribution is 6.20. The standard InChI is InChI=1S/C12H16ClF2N/c1-8(2)10(13)7-16-6-9-11(14)4-3-5-12(9)15/h3-5,8,10,16H,6-7H2,1-2H3. The summed E-state index contributed by atoms with van der Waals surface area (Å²) in [5, 5.41) is 2.92. The largest absolute Gasteiger partial charge is 0.311 e. The van der Waals surface area contributed by atoms with Crippen molar-refractivity contribution in [3.63, 3.8) is 0 Å². The molecule has 0 aliphatic heterocycles. The highest BCUT2D eigenvalue weighted by Crippen LogP contribution is 2.12. The molecule has 1 rings (SSSR count). The summed E-state index contributed by atoms with van der Waals surface area (Å²) in [5.41, 5.74) is 0.0649. The van der Waals surface area contributed by atoms with Crippen LogP contribution in [0.1, 0.15) is 19.4 Å². The molecule has 1 unspecified atom stereocenters. The lowest BCUT2D eigenvalue weighted by molar-refractivity contribution is 0.511. The third-order valence-electron chi connectivity index (χ3n) is 2.43. The predicted molar refractivity (Wildman–Crippen MR) is 62.5 cm³/mol. The van der Waals surface area contributed by atoms with Gasteiger partial charge in [0.25, 0.3) is 0 Å². The maximum atomic E-state index is 13.2. The molecule has 0 radical (unpaired) electrons. The van der Waals surface area contributed by atoms with Crippen molar-refractivity contribution < 1.29 is 8.78 Å². The van der Waals surface area contributed by atoms with E-state index in [9.17, 15) is 8.78 Å². The molecule has 0 bridgehead atoms. The molecule has 0 heterocycles. The Morgan fingerprint density at radius 2 is 1.81 bits per heavy atom. The van der Waals surface area contributed by atoms with Gasteiger partial charge in [-0.1, -0.05) is 19.9 Å². The molecule has 0 amide bonds. The van der Waals surface area contributed by atoms with Gasteiger partial charge in [0.2, 0.25) is 0 Å². The second-order valence-electron chi connectivity index (χ2n) is 4.09. The summed E-state index contributed by atoms with van der Waals surface area (Å²) in [4.78, 5) is 0. The van der Waals surface area contributed by atoms with E-state index < -0.39 is 11.6 Å². The van der Waals surface area contributed by atoms with Crippen LogP contribution < -0.4 is 5.32 Å². The van der Waals surface area contributed by atoms with Crippen LogP contribution in [-0.4, -0.2) is 11.9 Å². The van der Waals surface area contributed by atoms with Crippen LogP contribution in [0.5, 0.6) is 0 Å². The molecule has 1 N–H and O–H groups in total. The number of benzene rings is 1. The highest BCUT2D eigenvalue weighted by atomic mass is 35.5. The smallest absolute Gasteiger partial charge is 0.130 e. The SMILES string of the molecule is CC(C)C(Cl)CNCc1c(F)cccc1F. The fourth-order valence-corrected chi connectivity index (χ4v) is 1.38. The summed E-state index contributed by atoms with van der Waals surface area (Å²) in [6.45, 7) is 4.70. The Hall–Kier alpha value is -0.670. The maximum Gasteiger partial charge on any atom is 0.130 e. The first-order valence-electron chi connectivity index (χ1n) is 5.30. The lowest BCUT2D eigenvalue weighted by Gasteiger charge is -2.14. The quantitative estimate of drug-likeness (QED) is 0.787. The monoisotopic (exact) mass is 247 g/mol. The first-order chi connectivity index (χ1) is 7.52. The average molecular weight is 248 g/mol. The van der Waals surface area contributed by atoms with Crippen molar-refractivity contribution in [2.75, 3.05) is 6.54 Å². The van der Waals surface area contributed by atoms with Crippen LogP contribution in [0.25, 0.3) is 0 Å². The minimum atomic E-state index is -0.525. The molecule has 0 saturated heterocycles. The van der Waals surface area contributed by atoms with E-state index >= 15 is 0 Å². The van der Waals surface area contributed by atoms with E-state index in [2.05, 4.69) is 5.32 Å². The summed E-state index contributed by atoms with van der Waals surface area (Å²) in [6.07, 6.45) is 0. The fraction of sp³-hybridized carbons (Fsp3) is 0.500.